The highest BCUT2D eigenvalue weighted by molar-refractivity contribution is 5.58. The molecule has 0 aliphatic heterocycles. The lowest BCUT2D eigenvalue weighted by molar-refractivity contribution is 1.55. The maximum absolute atomic E-state index is 6.08. The smallest absolute Gasteiger partial charge is 0.0384 e. The molecule has 2 rings (SSSR count). The molecule has 0 saturated carbocycles. The van der Waals surface area contributed by atoms with Gasteiger partial charge in [-0.05, 0) is 37.4 Å². The van der Waals surface area contributed by atoms with Gasteiger partial charge in [0.05, 0.1) is 0 Å². The zero-order valence-corrected chi connectivity index (χ0v) is 9.35. The van der Waals surface area contributed by atoms with Gasteiger partial charge in [-0.25, -0.2) is 0 Å². The Balaban J connectivity index is 0.000000583. The third kappa shape index (κ3) is 6.15. The van der Waals surface area contributed by atoms with Crippen molar-refractivity contribution in [3.05, 3.63) is 60.7 Å². The summed E-state index contributed by atoms with van der Waals surface area (Å²) in [5, 5.41) is 9.39. The fraction of sp³-hybridized carbons (Fsp3) is 0.133. The van der Waals surface area contributed by atoms with E-state index in [-0.39, 0.29) is 7.43 Å². The summed E-state index contributed by atoms with van der Waals surface area (Å²) in [7, 11) is 0. The normalized spacial score (nSPS) is 8.06. The molecule has 0 aliphatic rings. The van der Waals surface area contributed by atoms with Gasteiger partial charge in [-0.2, -0.15) is 0 Å². The summed E-state index contributed by atoms with van der Waals surface area (Å²) in [6.07, 6.45) is 1.25. The van der Waals surface area contributed by atoms with Crippen LogP contribution in [0, 0.1) is 5.41 Å². The van der Waals surface area contributed by atoms with Crippen molar-refractivity contribution < 1.29 is 0 Å². The lowest BCUT2D eigenvalue weighted by Gasteiger charge is -2.04. The van der Waals surface area contributed by atoms with Crippen LogP contribution in [0.4, 0.5) is 11.4 Å². The second-order valence-electron chi connectivity index (χ2n) is 3.15. The van der Waals surface area contributed by atoms with E-state index in [1.54, 1.807) is 6.92 Å². The van der Waals surface area contributed by atoms with E-state index in [0.717, 1.165) is 11.4 Å². The molecule has 0 saturated heterocycles. The number of benzene rings is 2. The lowest BCUT2D eigenvalue weighted by Crippen LogP contribution is -1.87. The van der Waals surface area contributed by atoms with Crippen molar-refractivity contribution in [1.82, 2.24) is 0 Å². The Hall–Kier alpha value is -2.09. The van der Waals surface area contributed by atoms with Crippen LogP contribution < -0.4 is 5.32 Å². The van der Waals surface area contributed by atoms with Crippen molar-refractivity contribution in [1.29, 1.82) is 5.41 Å². The molecule has 2 N–H and O–H groups in total. The zero-order valence-electron chi connectivity index (χ0n) is 9.35. The molecule has 0 radical (unpaired) electrons. The third-order valence-corrected chi connectivity index (χ3v) is 1.84. The number of anilines is 2. The van der Waals surface area contributed by atoms with Crippen LogP contribution in [0.5, 0.6) is 0 Å². The molecule has 0 aromatic heterocycles. The van der Waals surface area contributed by atoms with Crippen molar-refractivity contribution in [2.75, 3.05) is 5.32 Å². The molecule has 2 aromatic carbocycles. The Labute approximate surface area is 104 Å². The monoisotopic (exact) mass is 228 g/mol. The van der Waals surface area contributed by atoms with Crippen molar-refractivity contribution in [3.8, 4) is 0 Å². The van der Waals surface area contributed by atoms with Gasteiger partial charge in [0.15, 0.2) is 0 Å². The highest BCUT2D eigenvalue weighted by Crippen LogP contribution is 2.14. The maximum Gasteiger partial charge on any atom is 0.0384 e. The van der Waals surface area contributed by atoms with E-state index < -0.39 is 0 Å². The molecule has 2 heteroatoms. The SMILES string of the molecule is C.CC=N.c1ccc(Nc2ccccc2)cc1. The lowest BCUT2D eigenvalue weighted by atomic mass is 10.3. The molecule has 0 amide bonds. The van der Waals surface area contributed by atoms with E-state index in [1.807, 2.05) is 60.7 Å². The van der Waals surface area contributed by atoms with E-state index in [0.29, 0.717) is 0 Å². The van der Waals surface area contributed by atoms with Crippen molar-refractivity contribution >= 4 is 17.6 Å². The molecule has 2 aromatic rings. The van der Waals surface area contributed by atoms with Gasteiger partial charge in [0.25, 0.3) is 0 Å². The first-order valence-corrected chi connectivity index (χ1v) is 5.19. The van der Waals surface area contributed by atoms with Crippen LogP contribution in [0.1, 0.15) is 14.4 Å². The van der Waals surface area contributed by atoms with E-state index in [9.17, 15) is 0 Å². The molecule has 17 heavy (non-hydrogen) atoms. The largest absolute Gasteiger partial charge is 0.356 e. The quantitative estimate of drug-likeness (QED) is 0.717. The van der Waals surface area contributed by atoms with Gasteiger partial charge < -0.3 is 10.7 Å². The first-order chi connectivity index (χ1) is 7.86. The number of para-hydroxylation sites is 2. The first-order valence-electron chi connectivity index (χ1n) is 5.19. The van der Waals surface area contributed by atoms with E-state index in [2.05, 4.69) is 5.32 Å². The summed E-state index contributed by atoms with van der Waals surface area (Å²) in [5.74, 6) is 0. The molecule has 0 fully saturated rings. The summed E-state index contributed by atoms with van der Waals surface area (Å²) >= 11 is 0. The van der Waals surface area contributed by atoms with Crippen LogP contribution >= 0.6 is 0 Å². The summed E-state index contributed by atoms with van der Waals surface area (Å²) in [4.78, 5) is 0. The predicted octanol–water partition coefficient (Wildman–Crippen LogP) is 4.72. The Kier molecular flexibility index (Phi) is 8.03. The average Bonchev–Trinajstić information content (AvgIpc) is 2.33. The Morgan fingerprint density at radius 2 is 1.12 bits per heavy atom. The number of nitrogens with one attached hydrogen (secondary N) is 2. The summed E-state index contributed by atoms with van der Waals surface area (Å²) < 4.78 is 0. The van der Waals surface area contributed by atoms with E-state index >= 15 is 0 Å². The zero-order chi connectivity index (χ0) is 11.6. The third-order valence-electron chi connectivity index (χ3n) is 1.84. The van der Waals surface area contributed by atoms with Gasteiger partial charge in [-0.15, -0.1) is 0 Å². The molecule has 90 valence electrons. The van der Waals surface area contributed by atoms with E-state index in [4.69, 9.17) is 5.41 Å². The molecule has 0 aliphatic carbocycles. The van der Waals surface area contributed by atoms with Gasteiger partial charge in [-0.3, -0.25) is 0 Å². The molecule has 2 nitrogen and oxygen atoms in total. The highest BCUT2D eigenvalue weighted by Gasteiger charge is 1.89. The van der Waals surface area contributed by atoms with Crippen LogP contribution in [0.2, 0.25) is 0 Å². The van der Waals surface area contributed by atoms with Gasteiger partial charge in [0.2, 0.25) is 0 Å². The minimum absolute atomic E-state index is 0. The first kappa shape index (κ1) is 14.9. The maximum atomic E-state index is 6.08. The standard InChI is InChI=1S/C12H11N.C2H5N.CH4/c1-3-7-11(8-4-1)13-12-9-5-2-6-10-12;1-2-3;/h1-10,13H;2-3H,1H3;1H4. The average molecular weight is 228 g/mol. The van der Waals surface area contributed by atoms with Crippen LogP contribution in [-0.2, 0) is 0 Å². The predicted molar refractivity (Wildman–Crippen MR) is 77.4 cm³/mol. The fourth-order valence-corrected chi connectivity index (χ4v) is 1.21. The van der Waals surface area contributed by atoms with Crippen LogP contribution in [0.15, 0.2) is 60.7 Å². The molecular weight excluding hydrogens is 208 g/mol. The van der Waals surface area contributed by atoms with Gasteiger partial charge in [0.1, 0.15) is 0 Å². The number of rotatable bonds is 2. The highest BCUT2D eigenvalue weighted by atomic mass is 14.9. The topological polar surface area (TPSA) is 35.9 Å². The van der Waals surface area contributed by atoms with Crippen LogP contribution in [0.3, 0.4) is 0 Å². The second-order valence-corrected chi connectivity index (χ2v) is 3.15. The van der Waals surface area contributed by atoms with Crippen LogP contribution in [-0.4, -0.2) is 6.21 Å². The van der Waals surface area contributed by atoms with Gasteiger partial charge >= 0.3 is 0 Å². The Bertz CT molecular complexity index is 358. The Morgan fingerprint density at radius 1 is 0.824 bits per heavy atom. The van der Waals surface area contributed by atoms with E-state index in [1.165, 1.54) is 6.21 Å². The number of hydrogen-bond donors (Lipinski definition) is 2. The molecule has 0 heterocycles. The molecule has 0 spiro atoms. The summed E-state index contributed by atoms with van der Waals surface area (Å²) in [6.45, 7) is 1.67. The minimum Gasteiger partial charge on any atom is -0.356 e. The minimum atomic E-state index is 0. The summed E-state index contributed by atoms with van der Waals surface area (Å²) in [5.41, 5.74) is 2.24. The fourth-order valence-electron chi connectivity index (χ4n) is 1.21. The summed E-state index contributed by atoms with van der Waals surface area (Å²) in [6, 6.07) is 20.3. The van der Waals surface area contributed by atoms with Gasteiger partial charge in [-0.1, -0.05) is 43.8 Å². The molecular formula is C15H20N2. The van der Waals surface area contributed by atoms with Crippen LogP contribution in [0.25, 0.3) is 0 Å². The Morgan fingerprint density at radius 3 is 1.41 bits per heavy atom. The molecule has 0 unspecified atom stereocenters. The second kappa shape index (κ2) is 9.16. The van der Waals surface area contributed by atoms with Crippen molar-refractivity contribution in [3.63, 3.8) is 0 Å². The van der Waals surface area contributed by atoms with Gasteiger partial charge in [0, 0.05) is 11.4 Å². The molecule has 0 bridgehead atoms. The van der Waals surface area contributed by atoms with Crippen molar-refractivity contribution in [2.45, 2.75) is 14.4 Å². The van der Waals surface area contributed by atoms with Crippen molar-refractivity contribution in [2.24, 2.45) is 0 Å². The molecule has 0 atom stereocenters. The number of hydrogen-bond acceptors (Lipinski definition) is 2.